The molecule has 0 bridgehead atoms. The molecule has 0 amide bonds. The number of aliphatic imine (C=N–C) groups is 1. The molecule has 0 fully saturated rings. The molecule has 1 N–H and O–H groups in total. The number of hydrogen-bond donors (Lipinski definition) is 1. The molecule has 0 radical (unpaired) electrons. The maximum atomic E-state index is 9.49. The van der Waals surface area contributed by atoms with Crippen molar-refractivity contribution in [3.05, 3.63) is 60.5 Å². The lowest BCUT2D eigenvalue weighted by Crippen LogP contribution is -2.13. The maximum absolute atomic E-state index is 9.49. The van der Waals surface area contributed by atoms with E-state index < -0.39 is 0 Å². The van der Waals surface area contributed by atoms with Crippen LogP contribution in [0.15, 0.2) is 59.8 Å². The number of hydrogen-bond acceptors (Lipinski definition) is 4. The summed E-state index contributed by atoms with van der Waals surface area (Å²) in [5.41, 5.74) is 1.77. The van der Waals surface area contributed by atoms with Gasteiger partial charge >= 0.3 is 0 Å². The zero-order valence-corrected chi connectivity index (χ0v) is 13.1. The summed E-state index contributed by atoms with van der Waals surface area (Å²) in [7, 11) is 0. The third-order valence-electron chi connectivity index (χ3n) is 3.61. The molecular formula is C18H22N2O2. The molecule has 2 rings (SSSR count). The Hall–Kier alpha value is -2.36. The zero-order valence-electron chi connectivity index (χ0n) is 13.1. The Morgan fingerprint density at radius 3 is 2.95 bits per heavy atom. The van der Waals surface area contributed by atoms with E-state index in [1.165, 1.54) is 0 Å². The van der Waals surface area contributed by atoms with Crippen molar-refractivity contribution in [1.29, 1.82) is 0 Å². The average molecular weight is 298 g/mol. The van der Waals surface area contributed by atoms with Crippen LogP contribution in [0.3, 0.4) is 0 Å². The van der Waals surface area contributed by atoms with Crippen LogP contribution in [0.25, 0.3) is 0 Å². The lowest BCUT2D eigenvalue weighted by Gasteiger charge is -2.14. The first-order chi connectivity index (χ1) is 10.6. The van der Waals surface area contributed by atoms with E-state index in [4.69, 9.17) is 4.74 Å². The highest BCUT2D eigenvalue weighted by atomic mass is 16.5. The van der Waals surface area contributed by atoms with Crippen molar-refractivity contribution < 1.29 is 9.84 Å². The van der Waals surface area contributed by atoms with Crippen molar-refractivity contribution >= 4 is 5.71 Å². The van der Waals surface area contributed by atoms with Gasteiger partial charge in [-0.25, -0.2) is 0 Å². The number of aliphatic hydroxyl groups is 1. The Bertz CT molecular complexity index is 612. The fraction of sp³-hybridized carbons (Fsp3) is 0.333. The highest BCUT2D eigenvalue weighted by Crippen LogP contribution is 2.21. The fourth-order valence-corrected chi connectivity index (χ4v) is 2.22. The van der Waals surface area contributed by atoms with E-state index in [2.05, 4.69) is 30.4 Å². The quantitative estimate of drug-likeness (QED) is 0.783. The number of aromatic nitrogens is 1. The second-order valence-electron chi connectivity index (χ2n) is 5.27. The van der Waals surface area contributed by atoms with Gasteiger partial charge in [0.1, 0.15) is 17.3 Å². The number of aliphatic hydroxyl groups excluding tert-OH is 1. The van der Waals surface area contributed by atoms with Gasteiger partial charge in [-0.05, 0) is 31.1 Å². The van der Waals surface area contributed by atoms with E-state index >= 15 is 0 Å². The topological polar surface area (TPSA) is 54.7 Å². The summed E-state index contributed by atoms with van der Waals surface area (Å²) in [5.74, 6) is 1.98. The lowest BCUT2D eigenvalue weighted by molar-refractivity contribution is 0.374. The molecule has 1 aromatic heterocycles. The third-order valence-corrected chi connectivity index (χ3v) is 3.61. The molecule has 4 nitrogen and oxygen atoms in total. The van der Waals surface area contributed by atoms with Crippen molar-refractivity contribution in [2.24, 2.45) is 10.9 Å². The predicted molar refractivity (Wildman–Crippen MR) is 89.1 cm³/mol. The van der Waals surface area contributed by atoms with Crippen LogP contribution in [0.1, 0.15) is 38.8 Å². The Kier molecular flexibility index (Phi) is 5.53. The second-order valence-corrected chi connectivity index (χ2v) is 5.27. The molecule has 0 saturated carbocycles. The number of nitrogens with zero attached hydrogens (tertiary/aromatic N) is 2. The smallest absolute Gasteiger partial charge is 0.145 e. The van der Waals surface area contributed by atoms with Gasteiger partial charge in [0, 0.05) is 24.6 Å². The average Bonchev–Trinajstić information content (AvgIpc) is 2.53. The van der Waals surface area contributed by atoms with Gasteiger partial charge in [-0.15, -0.1) is 0 Å². The first-order valence-corrected chi connectivity index (χ1v) is 7.56. The Balaban J connectivity index is 2.14. The summed E-state index contributed by atoms with van der Waals surface area (Å²) >= 11 is 0. The van der Waals surface area contributed by atoms with Crippen molar-refractivity contribution in [3.63, 3.8) is 0 Å². The van der Waals surface area contributed by atoms with Gasteiger partial charge in [0.25, 0.3) is 0 Å². The van der Waals surface area contributed by atoms with E-state index in [-0.39, 0.29) is 5.76 Å². The van der Waals surface area contributed by atoms with Crippen LogP contribution in [-0.2, 0) is 0 Å². The van der Waals surface area contributed by atoms with Gasteiger partial charge in [0.15, 0.2) is 0 Å². The summed E-state index contributed by atoms with van der Waals surface area (Å²) in [6, 6.07) is 3.78. The van der Waals surface area contributed by atoms with Gasteiger partial charge in [0.05, 0.1) is 17.6 Å². The molecule has 1 aliphatic carbocycles. The molecule has 1 heterocycles. The number of rotatable bonds is 6. The minimum Gasteiger partial charge on any atom is -0.508 e. The highest BCUT2D eigenvalue weighted by Gasteiger charge is 2.13. The normalized spacial score (nSPS) is 16.5. The Morgan fingerprint density at radius 2 is 2.36 bits per heavy atom. The summed E-state index contributed by atoms with van der Waals surface area (Å²) < 4.78 is 5.74. The van der Waals surface area contributed by atoms with Crippen LogP contribution >= 0.6 is 0 Å². The van der Waals surface area contributed by atoms with Gasteiger partial charge in [0.2, 0.25) is 0 Å². The van der Waals surface area contributed by atoms with Crippen LogP contribution in [-0.4, -0.2) is 15.8 Å². The SMILES string of the molecule is C=CN=C(c1ccc(OC2=CC(O)=CCC2)cn1)C(C)CC. The first kappa shape index (κ1) is 16.0. The van der Waals surface area contributed by atoms with Crippen LogP contribution in [0, 0.1) is 5.92 Å². The molecule has 1 unspecified atom stereocenters. The molecule has 22 heavy (non-hydrogen) atoms. The zero-order chi connectivity index (χ0) is 15.9. The molecule has 1 atom stereocenters. The lowest BCUT2D eigenvalue weighted by atomic mass is 9.99. The van der Waals surface area contributed by atoms with Crippen LogP contribution in [0.5, 0.6) is 5.75 Å². The fourth-order valence-electron chi connectivity index (χ4n) is 2.22. The minimum absolute atomic E-state index is 0.253. The minimum atomic E-state index is 0.253. The number of pyridine rings is 1. The molecule has 0 aromatic carbocycles. The van der Waals surface area contributed by atoms with Gasteiger partial charge in [-0.3, -0.25) is 9.98 Å². The standard InChI is InChI=1S/C18H22N2O2/c1-4-13(3)18(19-5-2)17-10-9-16(12-20-17)22-15-8-6-7-14(21)11-15/h5,7,9-13,21H,2,4,6,8H2,1,3H3. The molecule has 0 spiro atoms. The van der Waals surface area contributed by atoms with E-state index in [1.54, 1.807) is 24.5 Å². The summed E-state index contributed by atoms with van der Waals surface area (Å²) in [6.07, 6.45) is 9.21. The third kappa shape index (κ3) is 4.07. The van der Waals surface area contributed by atoms with E-state index in [0.29, 0.717) is 11.7 Å². The van der Waals surface area contributed by atoms with Crippen molar-refractivity contribution in [1.82, 2.24) is 4.98 Å². The van der Waals surface area contributed by atoms with Gasteiger partial charge < -0.3 is 9.84 Å². The van der Waals surface area contributed by atoms with E-state index in [1.807, 2.05) is 12.1 Å². The number of ether oxygens (including phenoxy) is 1. The van der Waals surface area contributed by atoms with E-state index in [0.717, 1.165) is 36.4 Å². The summed E-state index contributed by atoms with van der Waals surface area (Å²) in [5, 5.41) is 9.49. The second kappa shape index (κ2) is 7.59. The first-order valence-electron chi connectivity index (χ1n) is 7.56. The predicted octanol–water partition coefficient (Wildman–Crippen LogP) is 4.56. The van der Waals surface area contributed by atoms with Crippen molar-refractivity contribution in [2.45, 2.75) is 33.1 Å². The maximum Gasteiger partial charge on any atom is 0.145 e. The molecule has 116 valence electrons. The molecule has 0 saturated heterocycles. The van der Waals surface area contributed by atoms with E-state index in [9.17, 15) is 5.11 Å². The molecule has 1 aliphatic rings. The van der Waals surface area contributed by atoms with Crippen LogP contribution < -0.4 is 4.74 Å². The molecule has 4 heteroatoms. The van der Waals surface area contributed by atoms with Crippen molar-refractivity contribution in [3.8, 4) is 5.75 Å². The molecule has 1 aromatic rings. The van der Waals surface area contributed by atoms with Gasteiger partial charge in [-0.2, -0.15) is 0 Å². The highest BCUT2D eigenvalue weighted by molar-refractivity contribution is 6.00. The Labute approximate surface area is 131 Å². The largest absolute Gasteiger partial charge is 0.508 e. The van der Waals surface area contributed by atoms with Crippen molar-refractivity contribution in [2.75, 3.05) is 0 Å². The summed E-state index contributed by atoms with van der Waals surface area (Å²) in [6.45, 7) is 7.91. The summed E-state index contributed by atoms with van der Waals surface area (Å²) in [4.78, 5) is 8.79. The molecular weight excluding hydrogens is 276 g/mol. The van der Waals surface area contributed by atoms with Crippen LogP contribution in [0.4, 0.5) is 0 Å². The Morgan fingerprint density at radius 1 is 1.55 bits per heavy atom. The monoisotopic (exact) mass is 298 g/mol. The number of allylic oxidation sites excluding steroid dienone is 3. The van der Waals surface area contributed by atoms with Crippen LogP contribution in [0.2, 0.25) is 0 Å². The van der Waals surface area contributed by atoms with Gasteiger partial charge in [-0.1, -0.05) is 20.4 Å². The molecule has 0 aliphatic heterocycles.